The highest BCUT2D eigenvalue weighted by Crippen LogP contribution is 2.26. The van der Waals surface area contributed by atoms with Crippen LogP contribution in [0.2, 0.25) is 0 Å². The lowest BCUT2D eigenvalue weighted by atomic mass is 10.1. The van der Waals surface area contributed by atoms with Crippen LogP contribution in [0, 0.1) is 5.82 Å². The maximum absolute atomic E-state index is 14.4. The maximum atomic E-state index is 14.4. The number of carbonyl (C=O) groups is 1. The van der Waals surface area contributed by atoms with Gasteiger partial charge in [-0.05, 0) is 54.8 Å². The van der Waals surface area contributed by atoms with Crippen molar-refractivity contribution < 1.29 is 22.3 Å². The Morgan fingerprint density at radius 3 is 2.44 bits per heavy atom. The fourth-order valence-corrected chi connectivity index (χ4v) is 4.66. The first-order valence-electron chi connectivity index (χ1n) is 10.1. The molecule has 0 aliphatic heterocycles. The molecule has 0 saturated carbocycles. The zero-order chi connectivity index (χ0) is 23.0. The fraction of sp³-hybridized carbons (Fsp3) is 0.208. The van der Waals surface area contributed by atoms with Gasteiger partial charge in [0.25, 0.3) is 10.0 Å². The summed E-state index contributed by atoms with van der Waals surface area (Å²) in [5.74, 6) is -0.477. The number of hydrogen-bond acceptors (Lipinski definition) is 4. The average Bonchev–Trinajstić information content (AvgIpc) is 2.81. The molecule has 0 aliphatic rings. The molecule has 0 heterocycles. The van der Waals surface area contributed by atoms with Crippen LogP contribution in [0.25, 0.3) is 0 Å². The molecule has 8 heteroatoms. The van der Waals surface area contributed by atoms with Gasteiger partial charge in [-0.2, -0.15) is 0 Å². The third-order valence-corrected chi connectivity index (χ3v) is 6.61. The Kier molecular flexibility index (Phi) is 7.83. The number of sulfonamides is 1. The Bertz CT molecular complexity index is 1150. The predicted molar refractivity (Wildman–Crippen MR) is 122 cm³/mol. The smallest absolute Gasteiger partial charge is 0.264 e. The van der Waals surface area contributed by atoms with Crippen LogP contribution < -0.4 is 14.4 Å². The summed E-state index contributed by atoms with van der Waals surface area (Å²) in [6.45, 7) is -0.177. The van der Waals surface area contributed by atoms with E-state index in [1.807, 2.05) is 24.3 Å². The standard InChI is InChI=1S/C24H25FN2O4S/c1-31-20-11-7-9-19(17-20)10-8-16-26-24(28)18-27(23-15-6-5-14-22(23)25)32(29,30)21-12-3-2-4-13-21/h2-7,9,11-15,17H,8,10,16,18H2,1H3,(H,26,28). The van der Waals surface area contributed by atoms with Gasteiger partial charge in [0.05, 0.1) is 17.7 Å². The topological polar surface area (TPSA) is 75.7 Å². The lowest BCUT2D eigenvalue weighted by Crippen LogP contribution is -2.41. The van der Waals surface area contributed by atoms with E-state index in [1.54, 1.807) is 25.3 Å². The van der Waals surface area contributed by atoms with Gasteiger partial charge in [0.1, 0.15) is 18.1 Å². The van der Waals surface area contributed by atoms with Crippen molar-refractivity contribution in [2.24, 2.45) is 0 Å². The quantitative estimate of drug-likeness (QED) is 0.471. The number of benzene rings is 3. The second-order valence-electron chi connectivity index (χ2n) is 7.08. The second kappa shape index (κ2) is 10.8. The Balaban J connectivity index is 1.68. The number of hydrogen-bond donors (Lipinski definition) is 1. The Hall–Kier alpha value is -3.39. The molecular weight excluding hydrogens is 431 g/mol. The minimum atomic E-state index is -4.13. The number of carbonyl (C=O) groups excluding carboxylic acids is 1. The first-order chi connectivity index (χ1) is 15.4. The number of amides is 1. The molecular formula is C24H25FN2O4S. The van der Waals surface area contributed by atoms with Crippen LogP contribution in [-0.4, -0.2) is 34.5 Å². The van der Waals surface area contributed by atoms with Gasteiger partial charge in [-0.1, -0.05) is 42.5 Å². The van der Waals surface area contributed by atoms with Crippen molar-refractivity contribution in [2.75, 3.05) is 24.5 Å². The number of nitrogens with zero attached hydrogens (tertiary/aromatic N) is 1. The van der Waals surface area contributed by atoms with Crippen LogP contribution in [0.3, 0.4) is 0 Å². The second-order valence-corrected chi connectivity index (χ2v) is 8.94. The van der Waals surface area contributed by atoms with Crippen LogP contribution in [0.15, 0.2) is 83.8 Å². The molecule has 1 amide bonds. The van der Waals surface area contributed by atoms with Crippen LogP contribution >= 0.6 is 0 Å². The summed E-state index contributed by atoms with van der Waals surface area (Å²) >= 11 is 0. The summed E-state index contributed by atoms with van der Waals surface area (Å²) in [5, 5.41) is 2.73. The Morgan fingerprint density at radius 2 is 1.72 bits per heavy atom. The molecule has 6 nitrogen and oxygen atoms in total. The molecule has 3 rings (SSSR count). The number of anilines is 1. The van der Waals surface area contributed by atoms with Crippen molar-refractivity contribution in [1.29, 1.82) is 0 Å². The van der Waals surface area contributed by atoms with E-state index >= 15 is 0 Å². The molecule has 0 radical (unpaired) electrons. The number of para-hydroxylation sites is 1. The Labute approximate surface area is 187 Å². The average molecular weight is 457 g/mol. The first kappa shape index (κ1) is 23.3. The van der Waals surface area contributed by atoms with Crippen molar-refractivity contribution in [1.82, 2.24) is 5.32 Å². The van der Waals surface area contributed by atoms with E-state index in [0.29, 0.717) is 13.0 Å². The largest absolute Gasteiger partial charge is 0.497 e. The Morgan fingerprint density at radius 1 is 1.00 bits per heavy atom. The number of rotatable bonds is 10. The maximum Gasteiger partial charge on any atom is 0.264 e. The van der Waals surface area contributed by atoms with E-state index in [1.165, 1.54) is 30.3 Å². The molecule has 0 saturated heterocycles. The highest BCUT2D eigenvalue weighted by Gasteiger charge is 2.28. The van der Waals surface area contributed by atoms with Gasteiger partial charge in [-0.15, -0.1) is 0 Å². The van der Waals surface area contributed by atoms with E-state index in [2.05, 4.69) is 5.32 Å². The number of halogens is 1. The first-order valence-corrected chi connectivity index (χ1v) is 11.6. The summed E-state index contributed by atoms with van der Waals surface area (Å²) in [5.41, 5.74) is 0.890. The van der Waals surface area contributed by atoms with Crippen molar-refractivity contribution in [2.45, 2.75) is 17.7 Å². The van der Waals surface area contributed by atoms with Crippen LogP contribution in [0.1, 0.15) is 12.0 Å². The van der Waals surface area contributed by atoms with Gasteiger partial charge in [0.2, 0.25) is 5.91 Å². The van der Waals surface area contributed by atoms with Crippen LogP contribution in [-0.2, 0) is 21.2 Å². The lowest BCUT2D eigenvalue weighted by molar-refractivity contribution is -0.119. The van der Waals surface area contributed by atoms with Crippen molar-refractivity contribution in [3.8, 4) is 5.75 Å². The fourth-order valence-electron chi connectivity index (χ4n) is 3.21. The highest BCUT2D eigenvalue weighted by molar-refractivity contribution is 7.92. The van der Waals surface area contributed by atoms with Crippen LogP contribution in [0.5, 0.6) is 5.75 Å². The molecule has 0 atom stereocenters. The summed E-state index contributed by atoms with van der Waals surface area (Å²) in [7, 11) is -2.53. The molecule has 0 fully saturated rings. The number of ether oxygens (including phenoxy) is 1. The van der Waals surface area contributed by atoms with Crippen molar-refractivity contribution in [3.05, 3.63) is 90.2 Å². The zero-order valence-corrected chi connectivity index (χ0v) is 18.5. The van der Waals surface area contributed by atoms with E-state index in [4.69, 9.17) is 4.74 Å². The van der Waals surface area contributed by atoms with Crippen LogP contribution in [0.4, 0.5) is 10.1 Å². The van der Waals surface area contributed by atoms with Gasteiger partial charge in [0.15, 0.2) is 0 Å². The summed E-state index contributed by atoms with van der Waals surface area (Å²) < 4.78 is 46.8. The molecule has 1 N–H and O–H groups in total. The lowest BCUT2D eigenvalue weighted by Gasteiger charge is -2.24. The monoisotopic (exact) mass is 456 g/mol. The van der Waals surface area contributed by atoms with Gasteiger partial charge in [-0.25, -0.2) is 12.8 Å². The van der Waals surface area contributed by atoms with E-state index in [9.17, 15) is 17.6 Å². The molecule has 3 aromatic carbocycles. The van der Waals surface area contributed by atoms with Gasteiger partial charge in [0, 0.05) is 6.54 Å². The molecule has 32 heavy (non-hydrogen) atoms. The van der Waals surface area contributed by atoms with E-state index < -0.39 is 28.3 Å². The summed E-state index contributed by atoms with van der Waals surface area (Å²) in [4.78, 5) is 12.5. The van der Waals surface area contributed by atoms with Gasteiger partial charge >= 0.3 is 0 Å². The molecule has 168 valence electrons. The molecule has 0 bridgehead atoms. The molecule has 0 spiro atoms. The third-order valence-electron chi connectivity index (χ3n) is 4.84. The molecule has 0 unspecified atom stereocenters. The number of methoxy groups -OCH3 is 1. The number of aryl methyl sites for hydroxylation is 1. The molecule has 3 aromatic rings. The van der Waals surface area contributed by atoms with E-state index in [0.717, 1.165) is 28.1 Å². The van der Waals surface area contributed by atoms with Gasteiger partial charge < -0.3 is 10.1 Å². The van der Waals surface area contributed by atoms with Gasteiger partial charge in [-0.3, -0.25) is 9.10 Å². The summed E-state index contributed by atoms with van der Waals surface area (Å²) in [6.07, 6.45) is 1.38. The SMILES string of the molecule is COc1cccc(CCCNC(=O)CN(c2ccccc2F)S(=O)(=O)c2ccccc2)c1. The minimum absolute atomic E-state index is 0.0194. The molecule has 0 aromatic heterocycles. The summed E-state index contributed by atoms with van der Waals surface area (Å²) in [6, 6.07) is 20.8. The highest BCUT2D eigenvalue weighted by atomic mass is 32.2. The number of nitrogens with one attached hydrogen (secondary N) is 1. The van der Waals surface area contributed by atoms with Crippen molar-refractivity contribution in [3.63, 3.8) is 0 Å². The van der Waals surface area contributed by atoms with E-state index in [-0.39, 0.29) is 10.6 Å². The molecule has 0 aliphatic carbocycles. The predicted octanol–water partition coefficient (Wildman–Crippen LogP) is 3.78. The zero-order valence-electron chi connectivity index (χ0n) is 17.7. The minimum Gasteiger partial charge on any atom is -0.497 e. The van der Waals surface area contributed by atoms with Crippen molar-refractivity contribution >= 4 is 21.6 Å². The third kappa shape index (κ3) is 5.85. The normalized spacial score (nSPS) is 11.1.